The van der Waals surface area contributed by atoms with Crippen LogP contribution in [0.25, 0.3) is 22.3 Å². The molecule has 0 saturated heterocycles. The summed E-state index contributed by atoms with van der Waals surface area (Å²) in [5, 5.41) is 23.1. The van der Waals surface area contributed by atoms with Gasteiger partial charge in [-0.15, -0.1) is 0 Å². The standard InChI is InChI=1S/C25H16Br4O2.C25H14Br4O.H2O/c26-17-5-1-15(2-6-17)25(31,16-3-7-18(27)8-4-16)23-13-19(28)9-11-21(23)22-12-10-20(29)14-24(22)30;26-17-5-1-15(2-6-17)25(16-3-7-18(27)8-4-16)23-13-19(28)9-11-21(23)22-12-10-20(29)14-24(22)30-25;/h1-14,30-31H;1-14H;1H2. The quantitative estimate of drug-likeness (QED) is 0.163. The van der Waals surface area contributed by atoms with Gasteiger partial charge < -0.3 is 20.4 Å². The fraction of sp³-hybridized carbons (Fsp3) is 0.0400. The topological polar surface area (TPSA) is 79.7 Å². The van der Waals surface area contributed by atoms with Gasteiger partial charge in [-0.2, -0.15) is 0 Å². The van der Waals surface area contributed by atoms with Crippen LogP contribution < -0.4 is 4.74 Å². The molecule has 3 N–H and O–H groups in total. The van der Waals surface area contributed by atoms with Gasteiger partial charge in [0, 0.05) is 69.2 Å². The van der Waals surface area contributed by atoms with Crippen molar-refractivity contribution >= 4 is 127 Å². The van der Waals surface area contributed by atoms with E-state index in [-0.39, 0.29) is 12.7 Å². The number of hydrogen-bond acceptors (Lipinski definition) is 4. The van der Waals surface area contributed by atoms with E-state index in [4.69, 9.17) is 4.74 Å². The smallest absolute Gasteiger partial charge is 0.870 e. The lowest BCUT2D eigenvalue weighted by molar-refractivity contribution is 0.126. The molecule has 62 heavy (non-hydrogen) atoms. The van der Waals surface area contributed by atoms with Gasteiger partial charge in [-0.1, -0.05) is 188 Å². The Labute approximate surface area is 428 Å². The summed E-state index contributed by atoms with van der Waals surface area (Å²) in [5.74, 6) is 0.983. The van der Waals surface area contributed by atoms with Gasteiger partial charge in [0.05, 0.1) is 0 Å². The molecule has 0 atom stereocenters. The number of aliphatic hydroxyl groups is 1. The third kappa shape index (κ3) is 9.43. The van der Waals surface area contributed by atoms with Crippen molar-refractivity contribution in [2.45, 2.75) is 11.2 Å². The molecule has 0 saturated carbocycles. The lowest BCUT2D eigenvalue weighted by Crippen LogP contribution is -2.38. The molecule has 8 aromatic carbocycles. The van der Waals surface area contributed by atoms with Crippen molar-refractivity contribution in [3.8, 4) is 33.8 Å². The Morgan fingerprint density at radius 1 is 0.403 bits per heavy atom. The van der Waals surface area contributed by atoms with Crippen molar-refractivity contribution in [3.63, 3.8) is 0 Å². The van der Waals surface area contributed by atoms with E-state index in [0.717, 1.165) is 74.9 Å². The number of hydrogen-bond donors (Lipinski definition) is 2. The van der Waals surface area contributed by atoms with Crippen LogP contribution in [-0.4, -0.2) is 15.7 Å². The minimum absolute atomic E-state index is 0. The SMILES string of the molecule is Brc1ccc(C2(c3ccc(Br)cc3)Oc3cc(Br)ccc3-c3ccc(Br)cc32)cc1.Oc1cc(Br)ccc1-c1ccc(Br)cc1C(O)(c1ccc(Br)cc1)c1ccc(Br)cc1.[H+].[OH-]. The van der Waals surface area contributed by atoms with Crippen molar-refractivity contribution < 1.29 is 21.9 Å². The third-order valence-corrected chi connectivity index (χ3v) is 14.6. The number of benzene rings is 8. The first-order valence-corrected chi connectivity index (χ1v) is 24.9. The van der Waals surface area contributed by atoms with Gasteiger partial charge in [0.1, 0.15) is 17.1 Å². The maximum Gasteiger partial charge on any atom is 1.00 e. The molecule has 9 rings (SSSR count). The monoisotopic (exact) mass is 1330 g/mol. The highest BCUT2D eigenvalue weighted by atomic mass is 79.9. The molecule has 0 bridgehead atoms. The second-order valence-corrected chi connectivity index (χ2v) is 21.5. The Morgan fingerprint density at radius 2 is 0.774 bits per heavy atom. The molecule has 1 aliphatic rings. The molecule has 4 nitrogen and oxygen atoms in total. The van der Waals surface area contributed by atoms with E-state index >= 15 is 0 Å². The van der Waals surface area contributed by atoms with Crippen molar-refractivity contribution in [2.75, 3.05) is 0 Å². The second kappa shape index (κ2) is 19.7. The average molecular weight is 1340 g/mol. The Kier molecular flexibility index (Phi) is 15.0. The molecule has 8 aromatic rings. The van der Waals surface area contributed by atoms with Crippen LogP contribution in [0.5, 0.6) is 11.5 Å². The summed E-state index contributed by atoms with van der Waals surface area (Å²) < 4.78 is 14.5. The number of aromatic hydroxyl groups is 1. The summed E-state index contributed by atoms with van der Waals surface area (Å²) in [6, 6.07) is 55.7. The predicted molar refractivity (Wildman–Crippen MR) is 278 cm³/mol. The first kappa shape index (κ1) is 47.1. The molecule has 1 heterocycles. The second-order valence-electron chi connectivity index (χ2n) is 14.2. The van der Waals surface area contributed by atoms with Gasteiger partial charge in [0.15, 0.2) is 5.60 Å². The molecule has 0 aromatic heterocycles. The van der Waals surface area contributed by atoms with Gasteiger partial charge in [0.25, 0.3) is 0 Å². The van der Waals surface area contributed by atoms with E-state index in [2.05, 4.69) is 206 Å². The van der Waals surface area contributed by atoms with Crippen LogP contribution in [0, 0.1) is 0 Å². The van der Waals surface area contributed by atoms with E-state index in [9.17, 15) is 10.2 Å². The lowest BCUT2D eigenvalue weighted by Gasteiger charge is -2.41. The fourth-order valence-corrected chi connectivity index (χ4v) is 10.1. The first-order valence-electron chi connectivity index (χ1n) is 18.6. The van der Waals surface area contributed by atoms with E-state index in [1.165, 1.54) is 0 Å². The highest BCUT2D eigenvalue weighted by Crippen LogP contribution is 2.53. The minimum Gasteiger partial charge on any atom is -0.870 e. The van der Waals surface area contributed by atoms with Crippen LogP contribution in [-0.2, 0) is 11.2 Å². The first-order chi connectivity index (χ1) is 29.3. The number of fused-ring (bicyclic) bond motifs is 3. The number of phenols is 1. The molecule has 0 unspecified atom stereocenters. The number of phenolic OH excluding ortho intramolecular Hbond substituents is 1. The van der Waals surface area contributed by atoms with Crippen LogP contribution in [0.3, 0.4) is 0 Å². The Bertz CT molecular complexity index is 2800. The summed E-state index contributed by atoms with van der Waals surface area (Å²) in [6.07, 6.45) is 0. The predicted octanol–water partition coefficient (Wildman–Crippen LogP) is 17.4. The molecule has 312 valence electrons. The average Bonchev–Trinajstić information content (AvgIpc) is 3.24. The minimum atomic E-state index is -1.46. The van der Waals surface area contributed by atoms with Crippen molar-refractivity contribution in [3.05, 3.63) is 239 Å². The van der Waals surface area contributed by atoms with Gasteiger partial charge in [-0.3, -0.25) is 0 Å². The van der Waals surface area contributed by atoms with E-state index in [1.807, 2.05) is 84.9 Å². The number of ether oxygens (including phenoxy) is 1. The van der Waals surface area contributed by atoms with Gasteiger partial charge in [0.2, 0.25) is 0 Å². The summed E-state index contributed by atoms with van der Waals surface area (Å²) in [6.45, 7) is 0. The molecule has 0 radical (unpaired) electrons. The largest absolute Gasteiger partial charge is 1.00 e. The fourth-order valence-electron chi connectivity index (χ4n) is 7.67. The van der Waals surface area contributed by atoms with Crippen LogP contribution >= 0.6 is 127 Å². The number of rotatable bonds is 6. The summed E-state index contributed by atoms with van der Waals surface area (Å²) >= 11 is 28.4. The molecule has 0 aliphatic carbocycles. The highest BCUT2D eigenvalue weighted by molar-refractivity contribution is 9.11. The maximum absolute atomic E-state index is 12.4. The Hall–Kier alpha value is -2.88. The zero-order valence-corrected chi connectivity index (χ0v) is 44.6. The molecule has 1 aliphatic heterocycles. The summed E-state index contributed by atoms with van der Waals surface area (Å²) in [7, 11) is 0. The summed E-state index contributed by atoms with van der Waals surface area (Å²) in [4.78, 5) is 0. The van der Waals surface area contributed by atoms with Crippen LogP contribution in [0.4, 0.5) is 0 Å². The van der Waals surface area contributed by atoms with Crippen molar-refractivity contribution in [2.24, 2.45) is 0 Å². The van der Waals surface area contributed by atoms with Gasteiger partial charge in [-0.05, 0) is 131 Å². The highest BCUT2D eigenvalue weighted by Gasteiger charge is 2.45. The molecule has 12 heteroatoms. The molecule has 0 spiro atoms. The zero-order valence-electron chi connectivity index (χ0n) is 32.9. The van der Waals surface area contributed by atoms with Gasteiger partial charge >= 0.3 is 1.43 Å². The van der Waals surface area contributed by atoms with Crippen molar-refractivity contribution in [1.29, 1.82) is 0 Å². The normalized spacial score (nSPS) is 12.5. The Balaban J connectivity index is 0.000000203. The lowest BCUT2D eigenvalue weighted by atomic mass is 9.75. The molecule has 0 amide bonds. The van der Waals surface area contributed by atoms with E-state index in [0.29, 0.717) is 22.3 Å². The molecular formula is C50H32Br8O4. The van der Waals surface area contributed by atoms with Crippen molar-refractivity contribution in [1.82, 2.24) is 0 Å². The van der Waals surface area contributed by atoms with Crippen LogP contribution in [0.15, 0.2) is 206 Å². The molecular weight excluding hydrogens is 1300 g/mol. The van der Waals surface area contributed by atoms with Crippen LogP contribution in [0.2, 0.25) is 0 Å². The van der Waals surface area contributed by atoms with E-state index < -0.39 is 11.2 Å². The van der Waals surface area contributed by atoms with Crippen LogP contribution in [0.1, 0.15) is 34.8 Å². The van der Waals surface area contributed by atoms with E-state index in [1.54, 1.807) is 6.07 Å². The number of halogens is 8. The Morgan fingerprint density at radius 3 is 1.26 bits per heavy atom. The molecule has 0 fully saturated rings. The summed E-state index contributed by atoms with van der Waals surface area (Å²) in [5.41, 5.74) is 6.72. The van der Waals surface area contributed by atoms with Gasteiger partial charge in [-0.25, -0.2) is 0 Å². The third-order valence-electron chi connectivity index (χ3n) is 10.5. The zero-order chi connectivity index (χ0) is 43.1. The maximum atomic E-state index is 12.4.